The van der Waals surface area contributed by atoms with E-state index in [0.29, 0.717) is 27.7 Å². The predicted molar refractivity (Wildman–Crippen MR) is 119 cm³/mol. The van der Waals surface area contributed by atoms with Crippen molar-refractivity contribution >= 4 is 40.9 Å². The van der Waals surface area contributed by atoms with Crippen molar-refractivity contribution in [3.05, 3.63) is 105 Å². The van der Waals surface area contributed by atoms with Crippen LogP contribution in [0.1, 0.15) is 22.3 Å². The molecule has 0 bridgehead atoms. The summed E-state index contributed by atoms with van der Waals surface area (Å²) in [5.41, 5.74) is 4.28. The number of amides is 1. The van der Waals surface area contributed by atoms with Crippen LogP contribution in [-0.2, 0) is 11.2 Å². The minimum Gasteiger partial charge on any atom is -0.321 e. The standard InChI is InChI=1S/C24H18Cl2N2O/c1-16-6-10-22(11-7-16)28-24(29)20(15-27)13-19-14-21(25)9-8-17(19)12-18-4-2-3-5-23(18)26/h2-11,13-14H,12H2,1H3,(H,28,29)/b20-13+. The average molecular weight is 421 g/mol. The van der Waals surface area contributed by atoms with Gasteiger partial charge in [0.15, 0.2) is 0 Å². The van der Waals surface area contributed by atoms with Gasteiger partial charge in [-0.05, 0) is 66.4 Å². The summed E-state index contributed by atoms with van der Waals surface area (Å²) in [4.78, 5) is 12.6. The minimum absolute atomic E-state index is 0.00625. The zero-order chi connectivity index (χ0) is 20.8. The predicted octanol–water partition coefficient (Wildman–Crippen LogP) is 6.44. The minimum atomic E-state index is -0.472. The van der Waals surface area contributed by atoms with Gasteiger partial charge in [0.05, 0.1) is 0 Å². The van der Waals surface area contributed by atoms with Crippen molar-refractivity contribution in [1.29, 1.82) is 5.26 Å². The molecule has 3 nitrogen and oxygen atoms in total. The Balaban J connectivity index is 1.91. The van der Waals surface area contributed by atoms with Gasteiger partial charge in [-0.2, -0.15) is 5.26 Å². The second-order valence-electron chi connectivity index (χ2n) is 6.60. The number of nitrogens with one attached hydrogen (secondary N) is 1. The van der Waals surface area contributed by atoms with Crippen LogP contribution in [0.25, 0.3) is 6.08 Å². The fourth-order valence-corrected chi connectivity index (χ4v) is 3.23. The molecule has 144 valence electrons. The summed E-state index contributed by atoms with van der Waals surface area (Å²) >= 11 is 12.4. The maximum absolute atomic E-state index is 12.6. The van der Waals surface area contributed by atoms with Gasteiger partial charge in [0.2, 0.25) is 0 Å². The van der Waals surface area contributed by atoms with Crippen molar-refractivity contribution in [3.63, 3.8) is 0 Å². The molecule has 0 aliphatic carbocycles. The number of aryl methyl sites for hydroxylation is 1. The second-order valence-corrected chi connectivity index (χ2v) is 7.44. The van der Waals surface area contributed by atoms with Gasteiger partial charge in [0.1, 0.15) is 11.6 Å². The molecule has 0 spiro atoms. The quantitative estimate of drug-likeness (QED) is 0.381. The number of anilines is 1. The fourth-order valence-electron chi connectivity index (χ4n) is 2.85. The van der Waals surface area contributed by atoms with Gasteiger partial charge < -0.3 is 5.32 Å². The lowest BCUT2D eigenvalue weighted by Gasteiger charge is -2.10. The molecular weight excluding hydrogens is 403 g/mol. The van der Waals surface area contributed by atoms with Crippen molar-refractivity contribution < 1.29 is 4.79 Å². The summed E-state index contributed by atoms with van der Waals surface area (Å²) in [5, 5.41) is 13.5. The Morgan fingerprint density at radius 1 is 1.03 bits per heavy atom. The molecule has 0 aliphatic heterocycles. The third kappa shape index (κ3) is 5.48. The molecule has 3 aromatic carbocycles. The van der Waals surface area contributed by atoms with E-state index in [1.807, 2.05) is 55.5 Å². The van der Waals surface area contributed by atoms with Gasteiger partial charge in [-0.3, -0.25) is 4.79 Å². The number of carbonyl (C=O) groups is 1. The van der Waals surface area contributed by atoms with Gasteiger partial charge in [0, 0.05) is 15.7 Å². The molecule has 1 amide bonds. The van der Waals surface area contributed by atoms with Gasteiger partial charge >= 0.3 is 0 Å². The molecule has 0 fully saturated rings. The fraction of sp³-hybridized carbons (Fsp3) is 0.0833. The lowest BCUT2D eigenvalue weighted by molar-refractivity contribution is -0.112. The van der Waals surface area contributed by atoms with E-state index >= 15 is 0 Å². The van der Waals surface area contributed by atoms with E-state index in [2.05, 4.69) is 5.32 Å². The van der Waals surface area contributed by atoms with Crippen molar-refractivity contribution in [2.75, 3.05) is 5.32 Å². The van der Waals surface area contributed by atoms with E-state index in [4.69, 9.17) is 23.2 Å². The second kappa shape index (κ2) is 9.43. The van der Waals surface area contributed by atoms with Crippen molar-refractivity contribution in [2.45, 2.75) is 13.3 Å². The first-order chi connectivity index (χ1) is 14.0. The van der Waals surface area contributed by atoms with Crippen LogP contribution in [-0.4, -0.2) is 5.91 Å². The van der Waals surface area contributed by atoms with E-state index in [0.717, 1.165) is 16.7 Å². The summed E-state index contributed by atoms with van der Waals surface area (Å²) in [6.07, 6.45) is 2.11. The highest BCUT2D eigenvalue weighted by molar-refractivity contribution is 6.31. The van der Waals surface area contributed by atoms with E-state index < -0.39 is 5.91 Å². The molecule has 3 rings (SSSR count). The van der Waals surface area contributed by atoms with Crippen molar-refractivity contribution in [3.8, 4) is 6.07 Å². The molecule has 29 heavy (non-hydrogen) atoms. The third-order valence-corrected chi connectivity index (χ3v) is 5.02. The van der Waals surface area contributed by atoms with Crippen LogP contribution in [0.5, 0.6) is 0 Å². The van der Waals surface area contributed by atoms with Gasteiger partial charge in [-0.15, -0.1) is 0 Å². The van der Waals surface area contributed by atoms with Crippen LogP contribution in [0.3, 0.4) is 0 Å². The molecule has 0 atom stereocenters. The molecule has 0 heterocycles. The number of hydrogen-bond donors (Lipinski definition) is 1. The highest BCUT2D eigenvalue weighted by Crippen LogP contribution is 2.25. The topological polar surface area (TPSA) is 52.9 Å². The Labute approximate surface area is 180 Å². The number of carbonyl (C=O) groups excluding carboxylic acids is 1. The number of nitriles is 1. The Hall–Kier alpha value is -3.06. The van der Waals surface area contributed by atoms with Gasteiger partial charge in [0.25, 0.3) is 5.91 Å². The van der Waals surface area contributed by atoms with Crippen LogP contribution in [0.15, 0.2) is 72.3 Å². The van der Waals surface area contributed by atoms with Crippen molar-refractivity contribution in [2.24, 2.45) is 0 Å². The molecule has 0 radical (unpaired) electrons. The van der Waals surface area contributed by atoms with Crippen LogP contribution in [0.4, 0.5) is 5.69 Å². The van der Waals surface area contributed by atoms with Crippen LogP contribution in [0, 0.1) is 18.3 Å². The molecule has 0 aliphatic rings. The molecule has 5 heteroatoms. The first kappa shape index (κ1) is 20.7. The van der Waals surface area contributed by atoms with E-state index in [1.165, 1.54) is 0 Å². The largest absolute Gasteiger partial charge is 0.321 e. The third-order valence-electron chi connectivity index (χ3n) is 4.42. The van der Waals surface area contributed by atoms with Gasteiger partial charge in [-0.1, -0.05) is 65.2 Å². The number of benzene rings is 3. The Kier molecular flexibility index (Phi) is 6.72. The summed E-state index contributed by atoms with van der Waals surface area (Å²) in [6.45, 7) is 1.96. The van der Waals surface area contributed by atoms with Crippen LogP contribution < -0.4 is 5.32 Å². The normalized spacial score (nSPS) is 11.0. The number of hydrogen-bond acceptors (Lipinski definition) is 2. The zero-order valence-electron chi connectivity index (χ0n) is 15.7. The summed E-state index contributed by atoms with van der Waals surface area (Å²) in [7, 11) is 0. The van der Waals surface area contributed by atoms with E-state index in [1.54, 1.807) is 30.3 Å². The maximum Gasteiger partial charge on any atom is 0.266 e. The molecular formula is C24H18Cl2N2O. The zero-order valence-corrected chi connectivity index (χ0v) is 17.3. The SMILES string of the molecule is Cc1ccc(NC(=O)/C(C#N)=C/c2cc(Cl)ccc2Cc2ccccc2Cl)cc1. The monoisotopic (exact) mass is 420 g/mol. The summed E-state index contributed by atoms with van der Waals surface area (Å²) in [6, 6.07) is 22.3. The highest BCUT2D eigenvalue weighted by atomic mass is 35.5. The lowest BCUT2D eigenvalue weighted by atomic mass is 9.98. The van der Waals surface area contributed by atoms with E-state index in [9.17, 15) is 10.1 Å². The summed E-state index contributed by atoms with van der Waals surface area (Å²) in [5.74, 6) is -0.472. The number of halogens is 2. The number of nitrogens with zero attached hydrogens (tertiary/aromatic N) is 1. The molecule has 1 N–H and O–H groups in total. The average Bonchev–Trinajstić information content (AvgIpc) is 2.71. The molecule has 0 unspecified atom stereocenters. The Bertz CT molecular complexity index is 1110. The molecule has 0 saturated heterocycles. The Morgan fingerprint density at radius 2 is 1.76 bits per heavy atom. The molecule has 0 saturated carbocycles. The maximum atomic E-state index is 12.6. The first-order valence-corrected chi connectivity index (χ1v) is 9.73. The summed E-state index contributed by atoms with van der Waals surface area (Å²) < 4.78 is 0. The highest BCUT2D eigenvalue weighted by Gasteiger charge is 2.12. The molecule has 3 aromatic rings. The smallest absolute Gasteiger partial charge is 0.266 e. The lowest BCUT2D eigenvalue weighted by Crippen LogP contribution is -2.13. The Morgan fingerprint density at radius 3 is 2.45 bits per heavy atom. The van der Waals surface area contributed by atoms with E-state index in [-0.39, 0.29) is 5.57 Å². The first-order valence-electron chi connectivity index (χ1n) is 8.98. The van der Waals surface area contributed by atoms with Gasteiger partial charge in [-0.25, -0.2) is 0 Å². The van der Waals surface area contributed by atoms with Crippen LogP contribution >= 0.6 is 23.2 Å². The van der Waals surface area contributed by atoms with Crippen molar-refractivity contribution in [1.82, 2.24) is 0 Å². The van der Waals surface area contributed by atoms with Crippen LogP contribution in [0.2, 0.25) is 10.0 Å². The number of rotatable bonds is 5. The molecule has 0 aromatic heterocycles.